The van der Waals surface area contributed by atoms with Gasteiger partial charge in [0.05, 0.1) is 19.0 Å². The third kappa shape index (κ3) is 4.93. The Labute approximate surface area is 98.0 Å². The number of aryl methyl sites for hydroxylation is 1. The predicted octanol–water partition coefficient (Wildman–Crippen LogP) is 3.15. The largest absolute Gasteiger partial charge is 0.493 e. The number of anilines is 1. The van der Waals surface area contributed by atoms with Gasteiger partial charge in [0.15, 0.2) is 5.75 Å². The molecule has 6 heteroatoms. The lowest BCUT2D eigenvalue weighted by Gasteiger charge is -2.12. The Morgan fingerprint density at radius 3 is 2.71 bits per heavy atom. The number of ether oxygens (including phenoxy) is 1. The predicted molar refractivity (Wildman–Crippen MR) is 59.3 cm³/mol. The van der Waals surface area contributed by atoms with E-state index in [1.165, 1.54) is 7.11 Å². The molecule has 3 nitrogen and oxygen atoms in total. The van der Waals surface area contributed by atoms with E-state index in [-0.39, 0.29) is 13.0 Å². The number of hydrogen-bond donors (Lipinski definition) is 1. The molecule has 0 aliphatic heterocycles. The van der Waals surface area contributed by atoms with E-state index in [0.717, 1.165) is 5.69 Å². The lowest BCUT2D eigenvalue weighted by molar-refractivity contribution is -0.134. The topological polar surface area (TPSA) is 34.1 Å². The summed E-state index contributed by atoms with van der Waals surface area (Å²) in [6, 6.07) is 1.74. The molecule has 17 heavy (non-hydrogen) atoms. The Morgan fingerprint density at radius 2 is 2.12 bits per heavy atom. The van der Waals surface area contributed by atoms with Crippen LogP contribution in [0.4, 0.5) is 18.9 Å². The molecular formula is C11H15F3N2O. The van der Waals surface area contributed by atoms with Crippen molar-refractivity contribution in [1.29, 1.82) is 0 Å². The molecule has 0 atom stereocenters. The van der Waals surface area contributed by atoms with Gasteiger partial charge in [-0.25, -0.2) is 0 Å². The minimum absolute atomic E-state index is 0.0357. The summed E-state index contributed by atoms with van der Waals surface area (Å²) in [5.41, 5.74) is 1.45. The van der Waals surface area contributed by atoms with Crippen LogP contribution in [0.25, 0.3) is 0 Å². The van der Waals surface area contributed by atoms with Gasteiger partial charge in [0.2, 0.25) is 0 Å². The van der Waals surface area contributed by atoms with E-state index in [9.17, 15) is 13.2 Å². The van der Waals surface area contributed by atoms with E-state index in [1.807, 2.05) is 0 Å². The molecule has 1 aromatic rings. The molecule has 1 rings (SSSR count). The van der Waals surface area contributed by atoms with E-state index in [2.05, 4.69) is 10.3 Å². The van der Waals surface area contributed by atoms with E-state index >= 15 is 0 Å². The first-order valence-electron chi connectivity index (χ1n) is 5.23. The number of hydrogen-bond acceptors (Lipinski definition) is 3. The van der Waals surface area contributed by atoms with Crippen LogP contribution in [0.1, 0.15) is 18.5 Å². The summed E-state index contributed by atoms with van der Waals surface area (Å²) in [6.45, 7) is 2.06. The minimum atomic E-state index is -4.10. The van der Waals surface area contributed by atoms with Crippen LogP contribution in [0.2, 0.25) is 0 Å². The summed E-state index contributed by atoms with van der Waals surface area (Å²) in [5, 5.41) is 2.91. The van der Waals surface area contributed by atoms with Crippen molar-refractivity contribution in [2.24, 2.45) is 0 Å². The zero-order chi connectivity index (χ0) is 12.9. The first-order chi connectivity index (χ1) is 7.92. The van der Waals surface area contributed by atoms with Crippen molar-refractivity contribution >= 4 is 5.69 Å². The molecule has 0 radical (unpaired) electrons. The molecule has 0 bridgehead atoms. The maximum absolute atomic E-state index is 11.9. The molecule has 0 spiro atoms. The fourth-order valence-electron chi connectivity index (χ4n) is 1.36. The van der Waals surface area contributed by atoms with Crippen molar-refractivity contribution in [2.45, 2.75) is 25.9 Å². The van der Waals surface area contributed by atoms with Gasteiger partial charge in [0.1, 0.15) is 0 Å². The van der Waals surface area contributed by atoms with Gasteiger partial charge in [-0.15, -0.1) is 0 Å². The molecule has 0 aliphatic rings. The van der Waals surface area contributed by atoms with Crippen molar-refractivity contribution in [3.05, 3.63) is 18.0 Å². The van der Waals surface area contributed by atoms with E-state index in [1.54, 1.807) is 19.2 Å². The van der Waals surface area contributed by atoms with E-state index < -0.39 is 12.6 Å². The van der Waals surface area contributed by atoms with Gasteiger partial charge >= 0.3 is 6.18 Å². The molecule has 0 saturated carbocycles. The number of alkyl halides is 3. The molecule has 0 amide bonds. The number of aromatic nitrogens is 1. The molecule has 96 valence electrons. The lowest BCUT2D eigenvalue weighted by Crippen LogP contribution is -2.11. The maximum Gasteiger partial charge on any atom is 0.389 e. The average molecular weight is 248 g/mol. The van der Waals surface area contributed by atoms with Crippen LogP contribution in [-0.2, 0) is 0 Å². The fraction of sp³-hybridized carbons (Fsp3) is 0.545. The number of pyridine rings is 1. The van der Waals surface area contributed by atoms with Crippen LogP contribution >= 0.6 is 0 Å². The Balaban J connectivity index is 2.48. The number of nitrogens with one attached hydrogen (secondary N) is 1. The molecule has 0 fully saturated rings. The van der Waals surface area contributed by atoms with Crippen LogP contribution in [-0.4, -0.2) is 24.8 Å². The van der Waals surface area contributed by atoms with Gasteiger partial charge in [-0.3, -0.25) is 4.98 Å². The molecule has 0 aliphatic carbocycles. The van der Waals surface area contributed by atoms with E-state index in [0.29, 0.717) is 11.4 Å². The van der Waals surface area contributed by atoms with Gasteiger partial charge in [-0.1, -0.05) is 0 Å². The zero-order valence-corrected chi connectivity index (χ0v) is 9.77. The van der Waals surface area contributed by atoms with Crippen LogP contribution < -0.4 is 10.1 Å². The van der Waals surface area contributed by atoms with Crippen molar-refractivity contribution in [3.8, 4) is 5.75 Å². The van der Waals surface area contributed by atoms with Crippen LogP contribution in [0, 0.1) is 6.92 Å². The second-order valence-corrected chi connectivity index (χ2v) is 3.67. The van der Waals surface area contributed by atoms with Crippen LogP contribution in [0.3, 0.4) is 0 Å². The summed E-state index contributed by atoms with van der Waals surface area (Å²) in [6.07, 6.45) is -3.30. The zero-order valence-electron chi connectivity index (χ0n) is 9.77. The molecular weight excluding hydrogens is 233 g/mol. The smallest absolute Gasteiger partial charge is 0.389 e. The summed E-state index contributed by atoms with van der Waals surface area (Å²) >= 11 is 0. The van der Waals surface area contributed by atoms with Crippen molar-refractivity contribution in [2.75, 3.05) is 19.0 Å². The Hall–Kier alpha value is -1.46. The first-order valence-corrected chi connectivity index (χ1v) is 5.23. The van der Waals surface area contributed by atoms with Gasteiger partial charge in [-0.2, -0.15) is 13.2 Å². The summed E-state index contributed by atoms with van der Waals surface area (Å²) in [4.78, 5) is 4.03. The lowest BCUT2D eigenvalue weighted by atomic mass is 10.2. The molecule has 1 heterocycles. The molecule has 0 aromatic carbocycles. The van der Waals surface area contributed by atoms with Crippen LogP contribution in [0.5, 0.6) is 5.75 Å². The monoisotopic (exact) mass is 248 g/mol. The maximum atomic E-state index is 11.9. The van der Waals surface area contributed by atoms with Gasteiger partial charge < -0.3 is 10.1 Å². The van der Waals surface area contributed by atoms with Gasteiger partial charge in [0.25, 0.3) is 0 Å². The second-order valence-electron chi connectivity index (χ2n) is 3.67. The average Bonchev–Trinajstić information content (AvgIpc) is 2.23. The van der Waals surface area contributed by atoms with Crippen molar-refractivity contribution in [1.82, 2.24) is 4.98 Å². The third-order valence-corrected chi connectivity index (χ3v) is 2.18. The van der Waals surface area contributed by atoms with E-state index in [4.69, 9.17) is 4.74 Å². The van der Waals surface area contributed by atoms with Gasteiger partial charge in [0, 0.05) is 18.7 Å². The summed E-state index contributed by atoms with van der Waals surface area (Å²) in [7, 11) is 1.49. The highest BCUT2D eigenvalue weighted by Gasteiger charge is 2.25. The number of rotatable bonds is 5. The minimum Gasteiger partial charge on any atom is -0.493 e. The highest BCUT2D eigenvalue weighted by Crippen LogP contribution is 2.25. The van der Waals surface area contributed by atoms with Gasteiger partial charge in [-0.05, 0) is 19.4 Å². The Morgan fingerprint density at radius 1 is 1.41 bits per heavy atom. The second kappa shape index (κ2) is 5.75. The van der Waals surface area contributed by atoms with Crippen molar-refractivity contribution in [3.63, 3.8) is 0 Å². The molecule has 0 unspecified atom stereocenters. The van der Waals surface area contributed by atoms with Crippen LogP contribution in [0.15, 0.2) is 12.3 Å². The Kier molecular flexibility index (Phi) is 4.60. The first kappa shape index (κ1) is 13.6. The summed E-state index contributed by atoms with van der Waals surface area (Å²) in [5.74, 6) is 0.530. The molecule has 1 N–H and O–H groups in total. The van der Waals surface area contributed by atoms with Crippen molar-refractivity contribution < 1.29 is 17.9 Å². The number of nitrogens with zero attached hydrogens (tertiary/aromatic N) is 1. The normalized spacial score (nSPS) is 11.4. The molecule has 1 aromatic heterocycles. The molecule has 0 saturated heterocycles. The fourth-order valence-corrected chi connectivity index (χ4v) is 1.36. The third-order valence-electron chi connectivity index (χ3n) is 2.18. The Bertz CT molecular complexity index is 366. The standard InChI is InChI=1S/C11H15F3N2O/c1-8-6-9(10(17-2)7-16-8)15-5-3-4-11(12,13)14/h6-7H,3-5H2,1-2H3,(H,15,16). The number of halogens is 3. The quantitative estimate of drug-likeness (QED) is 0.813. The summed E-state index contributed by atoms with van der Waals surface area (Å²) < 4.78 is 40.8. The SMILES string of the molecule is COc1cnc(C)cc1NCCCC(F)(F)F. The number of methoxy groups -OCH3 is 1. The highest BCUT2D eigenvalue weighted by molar-refractivity contribution is 5.55. The highest BCUT2D eigenvalue weighted by atomic mass is 19.4.